The Morgan fingerprint density at radius 3 is 2.73 bits per heavy atom. The van der Waals surface area contributed by atoms with Gasteiger partial charge in [-0.15, -0.1) is 5.10 Å². The van der Waals surface area contributed by atoms with Gasteiger partial charge in [0.2, 0.25) is 5.54 Å². The fourth-order valence-corrected chi connectivity index (χ4v) is 4.23. The zero-order chi connectivity index (χ0) is 26.0. The first-order valence-electron chi connectivity index (χ1n) is 11.5. The van der Waals surface area contributed by atoms with Crippen molar-refractivity contribution in [3.05, 3.63) is 53.1 Å². The van der Waals surface area contributed by atoms with Crippen molar-refractivity contribution in [2.24, 2.45) is 0 Å². The van der Waals surface area contributed by atoms with Crippen molar-refractivity contribution in [3.8, 4) is 17.6 Å². The van der Waals surface area contributed by atoms with Crippen LogP contribution in [0, 0.1) is 11.8 Å². The molecule has 0 bridgehead atoms. The van der Waals surface area contributed by atoms with Gasteiger partial charge in [-0.3, -0.25) is 14.9 Å². The molecule has 5 rings (SSSR count). The summed E-state index contributed by atoms with van der Waals surface area (Å²) in [7, 11) is 3.12. The van der Waals surface area contributed by atoms with Gasteiger partial charge in [-0.05, 0) is 35.9 Å². The van der Waals surface area contributed by atoms with Crippen LogP contribution in [0.1, 0.15) is 21.5 Å². The Kier molecular flexibility index (Phi) is 6.47. The molecule has 2 aliphatic heterocycles. The number of hydrogen-bond donors (Lipinski definition) is 2. The molecule has 12 heteroatoms. The molecule has 0 unspecified atom stereocenters. The van der Waals surface area contributed by atoms with Gasteiger partial charge in [0.15, 0.2) is 0 Å². The number of methoxy groups -OCH3 is 2. The number of fused-ring (bicyclic) bond motifs is 2. The van der Waals surface area contributed by atoms with Gasteiger partial charge in [0, 0.05) is 24.8 Å². The normalized spacial score (nSPS) is 18.4. The molecule has 1 aromatic heterocycles. The highest BCUT2D eigenvalue weighted by Gasteiger charge is 2.48. The zero-order valence-electron chi connectivity index (χ0n) is 20.2. The number of amides is 4. The number of carbonyl (C=O) groups excluding carboxylic acids is 3. The summed E-state index contributed by atoms with van der Waals surface area (Å²) in [5.74, 6) is 5.53. The quantitative estimate of drug-likeness (QED) is 0.259. The number of hydrogen-bond acceptors (Lipinski definition) is 8. The second-order valence-electron chi connectivity index (χ2n) is 8.57. The first kappa shape index (κ1) is 24.2. The Hall–Kier alpha value is -4.47. The first-order valence-corrected chi connectivity index (χ1v) is 11.5. The van der Waals surface area contributed by atoms with Crippen LogP contribution in [0.15, 0.2) is 36.4 Å². The average Bonchev–Trinajstić information content (AvgIpc) is 3.53. The van der Waals surface area contributed by atoms with Crippen molar-refractivity contribution >= 4 is 28.9 Å². The third-order valence-corrected chi connectivity index (χ3v) is 6.15. The van der Waals surface area contributed by atoms with Crippen LogP contribution in [0.5, 0.6) is 5.75 Å². The molecule has 37 heavy (non-hydrogen) atoms. The molecule has 3 aromatic rings. The maximum atomic E-state index is 13.1. The molecule has 2 aliphatic rings. The van der Waals surface area contributed by atoms with Crippen LogP contribution in [-0.2, 0) is 27.5 Å². The molecule has 190 valence electrons. The Labute approximate surface area is 211 Å². The predicted octanol–water partition coefficient (Wildman–Crippen LogP) is 0.646. The number of rotatable bonds is 8. The molecule has 3 heterocycles. The zero-order valence-corrected chi connectivity index (χ0v) is 20.2. The van der Waals surface area contributed by atoms with Gasteiger partial charge >= 0.3 is 6.03 Å². The van der Waals surface area contributed by atoms with Gasteiger partial charge < -0.3 is 24.4 Å². The van der Waals surface area contributed by atoms with E-state index in [9.17, 15) is 14.4 Å². The standard InChI is InChI=1S/C25H24N6O6/c1-35-9-10-37-15-31-21-6-3-16(11-20(21)28-29-31)7-8-25(23(33)26-24(34)27-25)14-30-13-17-4-5-18(36-2)12-19(17)22(30)32/h3-6,11-12H,9-10,13-15H2,1-2H3,(H2,26,27,33,34)/t25-/m1/s1. The summed E-state index contributed by atoms with van der Waals surface area (Å²) in [5.41, 5.74) is 1.59. The Morgan fingerprint density at radius 1 is 1.11 bits per heavy atom. The Bertz CT molecular complexity index is 1460. The minimum atomic E-state index is -1.61. The summed E-state index contributed by atoms with van der Waals surface area (Å²) in [6, 6.07) is 9.86. The SMILES string of the molecule is COCCOCn1nnc2cc(C#C[C@]3(CN4Cc5ccc(OC)cc5C4=O)NC(=O)NC3=O)ccc21. The first-order chi connectivity index (χ1) is 17.9. The third-order valence-electron chi connectivity index (χ3n) is 6.15. The molecule has 0 aliphatic carbocycles. The van der Waals surface area contributed by atoms with Crippen molar-refractivity contribution < 1.29 is 28.6 Å². The highest BCUT2D eigenvalue weighted by Crippen LogP contribution is 2.28. The molecule has 0 saturated carbocycles. The van der Waals surface area contributed by atoms with Crippen LogP contribution in [0.25, 0.3) is 11.0 Å². The van der Waals surface area contributed by atoms with Crippen molar-refractivity contribution in [1.29, 1.82) is 0 Å². The van der Waals surface area contributed by atoms with Gasteiger partial charge in [-0.25, -0.2) is 9.48 Å². The fraction of sp³-hybridized carbons (Fsp3) is 0.320. The van der Waals surface area contributed by atoms with E-state index in [1.165, 1.54) is 12.0 Å². The summed E-state index contributed by atoms with van der Waals surface area (Å²) < 4.78 is 17.3. The van der Waals surface area contributed by atoms with E-state index in [1.54, 1.807) is 42.1 Å². The number of benzene rings is 2. The molecule has 0 spiro atoms. The molecule has 4 amide bonds. The molecule has 1 atom stereocenters. The smallest absolute Gasteiger partial charge is 0.323 e. The molecule has 2 aromatic carbocycles. The molecule has 1 saturated heterocycles. The van der Waals surface area contributed by atoms with Crippen molar-refractivity contribution in [2.75, 3.05) is 34.0 Å². The van der Waals surface area contributed by atoms with Crippen LogP contribution in [-0.4, -0.2) is 77.3 Å². The maximum absolute atomic E-state index is 13.1. The lowest BCUT2D eigenvalue weighted by atomic mass is 9.99. The third kappa shape index (κ3) is 4.69. The van der Waals surface area contributed by atoms with E-state index in [0.29, 0.717) is 35.6 Å². The molecule has 12 nitrogen and oxygen atoms in total. The number of nitrogens with one attached hydrogen (secondary N) is 2. The maximum Gasteiger partial charge on any atom is 0.323 e. The number of nitrogens with zero attached hydrogens (tertiary/aromatic N) is 4. The van der Waals surface area contributed by atoms with E-state index in [4.69, 9.17) is 14.2 Å². The van der Waals surface area contributed by atoms with E-state index in [0.717, 1.165) is 11.1 Å². The molecule has 2 N–H and O–H groups in total. The highest BCUT2D eigenvalue weighted by molar-refractivity contribution is 6.10. The number of imide groups is 1. The largest absolute Gasteiger partial charge is 0.497 e. The van der Waals surface area contributed by atoms with Crippen LogP contribution in [0.3, 0.4) is 0 Å². The lowest BCUT2D eigenvalue weighted by Crippen LogP contribution is -2.54. The lowest BCUT2D eigenvalue weighted by molar-refractivity contribution is -0.122. The number of ether oxygens (including phenoxy) is 3. The second-order valence-corrected chi connectivity index (χ2v) is 8.57. The van der Waals surface area contributed by atoms with Crippen molar-refractivity contribution in [3.63, 3.8) is 0 Å². The second kappa shape index (κ2) is 9.88. The number of urea groups is 1. The molecule has 1 fully saturated rings. The van der Waals surface area contributed by atoms with E-state index in [-0.39, 0.29) is 25.7 Å². The van der Waals surface area contributed by atoms with E-state index >= 15 is 0 Å². The highest BCUT2D eigenvalue weighted by atomic mass is 16.5. The van der Waals surface area contributed by atoms with E-state index in [2.05, 4.69) is 32.8 Å². The van der Waals surface area contributed by atoms with Crippen LogP contribution in [0.2, 0.25) is 0 Å². The van der Waals surface area contributed by atoms with Crippen molar-refractivity contribution in [2.45, 2.75) is 18.8 Å². The lowest BCUT2D eigenvalue weighted by Gasteiger charge is -2.26. The summed E-state index contributed by atoms with van der Waals surface area (Å²) in [6.07, 6.45) is 0. The monoisotopic (exact) mass is 504 g/mol. The van der Waals surface area contributed by atoms with Crippen LogP contribution in [0.4, 0.5) is 4.79 Å². The fourth-order valence-electron chi connectivity index (χ4n) is 4.23. The van der Waals surface area contributed by atoms with Gasteiger partial charge in [-0.1, -0.05) is 23.1 Å². The summed E-state index contributed by atoms with van der Waals surface area (Å²) in [5, 5.41) is 13.1. The van der Waals surface area contributed by atoms with Crippen LogP contribution >= 0.6 is 0 Å². The van der Waals surface area contributed by atoms with E-state index < -0.39 is 17.5 Å². The minimum absolute atomic E-state index is 0.120. The summed E-state index contributed by atoms with van der Waals surface area (Å²) >= 11 is 0. The average molecular weight is 505 g/mol. The number of aromatic nitrogens is 3. The van der Waals surface area contributed by atoms with Gasteiger partial charge in [0.05, 0.1) is 32.4 Å². The Balaban J connectivity index is 1.38. The minimum Gasteiger partial charge on any atom is -0.497 e. The molecular weight excluding hydrogens is 480 g/mol. The Morgan fingerprint density at radius 2 is 1.97 bits per heavy atom. The van der Waals surface area contributed by atoms with E-state index in [1.807, 2.05) is 6.07 Å². The predicted molar refractivity (Wildman–Crippen MR) is 129 cm³/mol. The topological polar surface area (TPSA) is 137 Å². The molecule has 0 radical (unpaired) electrons. The van der Waals surface area contributed by atoms with Crippen LogP contribution < -0.4 is 15.4 Å². The van der Waals surface area contributed by atoms with Gasteiger partial charge in [0.1, 0.15) is 18.0 Å². The van der Waals surface area contributed by atoms with Crippen molar-refractivity contribution in [1.82, 2.24) is 30.5 Å². The number of carbonyl (C=O) groups is 3. The van der Waals surface area contributed by atoms with Gasteiger partial charge in [-0.2, -0.15) is 0 Å². The summed E-state index contributed by atoms with van der Waals surface area (Å²) in [6.45, 7) is 1.28. The van der Waals surface area contributed by atoms with Gasteiger partial charge in [0.25, 0.3) is 11.8 Å². The summed E-state index contributed by atoms with van der Waals surface area (Å²) in [4.78, 5) is 39.5. The molecular formula is C25H24N6O6.